The minimum Gasteiger partial charge on any atom is -0.381 e. The molecule has 13 heavy (non-hydrogen) atoms. The molecular weight excluding hydrogens is 168 g/mol. The fourth-order valence-electron chi connectivity index (χ4n) is 1.12. The Morgan fingerprint density at radius 3 is 2.69 bits per heavy atom. The van der Waals surface area contributed by atoms with Crippen molar-refractivity contribution < 1.29 is 4.74 Å². The Hall–Kier alpha value is -1.10. The maximum Gasteiger partial charge on any atom is 0.165 e. The van der Waals surface area contributed by atoms with E-state index in [9.17, 15) is 0 Å². The highest BCUT2D eigenvalue weighted by atomic mass is 16.5. The van der Waals surface area contributed by atoms with Crippen LogP contribution in [-0.2, 0) is 11.3 Å². The lowest BCUT2D eigenvalue weighted by molar-refractivity contribution is 0.0449. The van der Waals surface area contributed by atoms with Gasteiger partial charge in [-0.25, -0.2) is 0 Å². The molecule has 0 aliphatic rings. The normalized spacial score (nSPS) is 13.5. The summed E-state index contributed by atoms with van der Waals surface area (Å²) in [5.74, 6) is 0.885. The van der Waals surface area contributed by atoms with Gasteiger partial charge in [-0.15, -0.1) is 5.10 Å². The summed E-state index contributed by atoms with van der Waals surface area (Å²) >= 11 is 0. The third-order valence-corrected chi connectivity index (χ3v) is 1.94. The van der Waals surface area contributed by atoms with Crippen molar-refractivity contribution in [2.75, 3.05) is 12.8 Å². The SMILES string of the molecule is COC(Cn1ncc(N)n1)C(C)C. The monoisotopic (exact) mass is 184 g/mol. The summed E-state index contributed by atoms with van der Waals surface area (Å²) in [5, 5.41) is 7.97. The van der Waals surface area contributed by atoms with Gasteiger partial charge in [0.25, 0.3) is 0 Å². The maximum absolute atomic E-state index is 5.44. The Morgan fingerprint density at radius 1 is 1.62 bits per heavy atom. The molecular formula is C8H16N4O. The lowest BCUT2D eigenvalue weighted by Gasteiger charge is -2.17. The van der Waals surface area contributed by atoms with Gasteiger partial charge < -0.3 is 10.5 Å². The Balaban J connectivity index is 2.56. The summed E-state index contributed by atoms with van der Waals surface area (Å²) in [7, 11) is 1.69. The number of nitrogens with two attached hydrogens (primary N) is 1. The number of ether oxygens (including phenoxy) is 1. The molecule has 1 heterocycles. The van der Waals surface area contributed by atoms with Crippen LogP contribution in [0.2, 0.25) is 0 Å². The van der Waals surface area contributed by atoms with Gasteiger partial charge in [0.15, 0.2) is 5.82 Å². The van der Waals surface area contributed by atoms with Crippen LogP contribution in [0.15, 0.2) is 6.20 Å². The van der Waals surface area contributed by atoms with Crippen molar-refractivity contribution in [1.82, 2.24) is 15.0 Å². The van der Waals surface area contributed by atoms with Gasteiger partial charge in [-0.05, 0) is 5.92 Å². The van der Waals surface area contributed by atoms with Gasteiger partial charge in [0, 0.05) is 7.11 Å². The number of rotatable bonds is 4. The van der Waals surface area contributed by atoms with Gasteiger partial charge >= 0.3 is 0 Å². The van der Waals surface area contributed by atoms with Crippen LogP contribution < -0.4 is 5.73 Å². The van der Waals surface area contributed by atoms with Gasteiger partial charge in [0.1, 0.15) is 0 Å². The molecule has 0 spiro atoms. The molecule has 1 atom stereocenters. The van der Waals surface area contributed by atoms with Gasteiger partial charge in [-0.1, -0.05) is 13.8 Å². The van der Waals surface area contributed by atoms with Crippen molar-refractivity contribution >= 4 is 5.82 Å². The second-order valence-corrected chi connectivity index (χ2v) is 3.34. The largest absolute Gasteiger partial charge is 0.381 e. The van der Waals surface area contributed by atoms with Crippen molar-refractivity contribution in [3.63, 3.8) is 0 Å². The first-order valence-corrected chi connectivity index (χ1v) is 4.32. The Morgan fingerprint density at radius 2 is 2.31 bits per heavy atom. The lowest BCUT2D eigenvalue weighted by Crippen LogP contribution is -2.25. The Bertz CT molecular complexity index is 258. The minimum absolute atomic E-state index is 0.131. The van der Waals surface area contributed by atoms with Crippen molar-refractivity contribution in [2.24, 2.45) is 5.92 Å². The number of methoxy groups -OCH3 is 1. The second kappa shape index (κ2) is 4.23. The summed E-state index contributed by atoms with van der Waals surface area (Å²) in [4.78, 5) is 1.56. The Kier molecular flexibility index (Phi) is 3.25. The maximum atomic E-state index is 5.44. The lowest BCUT2D eigenvalue weighted by atomic mass is 10.1. The summed E-state index contributed by atoms with van der Waals surface area (Å²) in [5.41, 5.74) is 5.44. The minimum atomic E-state index is 0.131. The van der Waals surface area contributed by atoms with E-state index in [0.29, 0.717) is 18.3 Å². The van der Waals surface area contributed by atoms with Crippen LogP contribution in [0.25, 0.3) is 0 Å². The van der Waals surface area contributed by atoms with E-state index in [2.05, 4.69) is 24.0 Å². The number of aromatic nitrogens is 3. The third kappa shape index (κ3) is 2.69. The molecule has 74 valence electrons. The number of hydrogen-bond acceptors (Lipinski definition) is 4. The topological polar surface area (TPSA) is 66.0 Å². The highest BCUT2D eigenvalue weighted by molar-refractivity contribution is 5.19. The quantitative estimate of drug-likeness (QED) is 0.741. The van der Waals surface area contributed by atoms with E-state index in [1.54, 1.807) is 11.9 Å². The number of hydrogen-bond donors (Lipinski definition) is 1. The first kappa shape index (κ1) is 9.98. The molecule has 2 N–H and O–H groups in total. The molecule has 0 aliphatic heterocycles. The second-order valence-electron chi connectivity index (χ2n) is 3.34. The molecule has 1 rings (SSSR count). The molecule has 0 saturated carbocycles. The molecule has 0 aliphatic carbocycles. The van der Waals surface area contributed by atoms with Gasteiger partial charge in [-0.2, -0.15) is 9.90 Å². The fourth-order valence-corrected chi connectivity index (χ4v) is 1.12. The third-order valence-electron chi connectivity index (χ3n) is 1.94. The van der Waals surface area contributed by atoms with E-state index < -0.39 is 0 Å². The molecule has 5 nitrogen and oxygen atoms in total. The molecule has 0 amide bonds. The first-order valence-electron chi connectivity index (χ1n) is 4.32. The molecule has 0 bridgehead atoms. The number of nitrogen functional groups attached to an aromatic ring is 1. The molecule has 1 aromatic rings. The molecule has 1 aromatic heterocycles. The van der Waals surface area contributed by atoms with Gasteiger partial charge in [0.2, 0.25) is 0 Å². The summed E-state index contributed by atoms with van der Waals surface area (Å²) in [6, 6.07) is 0. The molecule has 1 unspecified atom stereocenters. The van der Waals surface area contributed by atoms with E-state index >= 15 is 0 Å². The van der Waals surface area contributed by atoms with E-state index in [1.807, 2.05) is 0 Å². The van der Waals surface area contributed by atoms with Crippen molar-refractivity contribution in [2.45, 2.75) is 26.5 Å². The van der Waals surface area contributed by atoms with Crippen LogP contribution >= 0.6 is 0 Å². The van der Waals surface area contributed by atoms with Crippen molar-refractivity contribution in [1.29, 1.82) is 0 Å². The Labute approximate surface area is 77.9 Å². The highest BCUT2D eigenvalue weighted by Crippen LogP contribution is 2.07. The van der Waals surface area contributed by atoms with Crippen LogP contribution in [0.1, 0.15) is 13.8 Å². The van der Waals surface area contributed by atoms with Gasteiger partial charge in [0.05, 0.1) is 18.8 Å². The standard InChI is InChI=1S/C8H16N4O/c1-6(2)7(13-3)5-12-10-4-8(9)11-12/h4,6-7H,5H2,1-3H3,(H2,9,11). The van der Waals surface area contributed by atoms with Crippen molar-refractivity contribution in [3.8, 4) is 0 Å². The van der Waals surface area contributed by atoms with Crippen LogP contribution in [0.5, 0.6) is 0 Å². The van der Waals surface area contributed by atoms with E-state index in [0.717, 1.165) is 0 Å². The highest BCUT2D eigenvalue weighted by Gasteiger charge is 2.13. The molecule has 0 radical (unpaired) electrons. The van der Waals surface area contributed by atoms with E-state index in [4.69, 9.17) is 10.5 Å². The summed E-state index contributed by atoms with van der Waals surface area (Å²) in [6.45, 7) is 4.84. The summed E-state index contributed by atoms with van der Waals surface area (Å²) < 4.78 is 5.28. The zero-order chi connectivity index (χ0) is 9.84. The average Bonchev–Trinajstić information content (AvgIpc) is 2.46. The molecule has 5 heteroatoms. The molecule has 0 aromatic carbocycles. The number of anilines is 1. The van der Waals surface area contributed by atoms with Crippen LogP contribution in [-0.4, -0.2) is 28.2 Å². The zero-order valence-corrected chi connectivity index (χ0v) is 8.27. The average molecular weight is 184 g/mol. The number of nitrogens with zero attached hydrogens (tertiary/aromatic N) is 3. The molecule has 0 saturated heterocycles. The van der Waals surface area contributed by atoms with Crippen LogP contribution in [0.4, 0.5) is 5.82 Å². The summed E-state index contributed by atoms with van der Waals surface area (Å²) in [6.07, 6.45) is 1.67. The van der Waals surface area contributed by atoms with Gasteiger partial charge in [-0.3, -0.25) is 0 Å². The van der Waals surface area contributed by atoms with Crippen LogP contribution in [0.3, 0.4) is 0 Å². The van der Waals surface area contributed by atoms with E-state index in [1.165, 1.54) is 6.20 Å². The smallest absolute Gasteiger partial charge is 0.165 e. The van der Waals surface area contributed by atoms with Crippen LogP contribution in [0, 0.1) is 5.92 Å². The first-order chi connectivity index (χ1) is 6.13. The zero-order valence-electron chi connectivity index (χ0n) is 8.27. The molecule has 0 fully saturated rings. The van der Waals surface area contributed by atoms with Crippen molar-refractivity contribution in [3.05, 3.63) is 6.20 Å². The fraction of sp³-hybridized carbons (Fsp3) is 0.750. The predicted molar refractivity (Wildman–Crippen MR) is 50.1 cm³/mol. The van der Waals surface area contributed by atoms with E-state index in [-0.39, 0.29) is 6.10 Å². The predicted octanol–water partition coefficient (Wildman–Crippen LogP) is 0.531.